The highest BCUT2D eigenvalue weighted by Crippen LogP contribution is 2.23. The molecule has 1 fully saturated rings. The highest BCUT2D eigenvalue weighted by atomic mass is 15.4. The summed E-state index contributed by atoms with van der Waals surface area (Å²) in [6.45, 7) is 4.30. The van der Waals surface area contributed by atoms with E-state index in [1.54, 1.807) is 4.68 Å². The summed E-state index contributed by atoms with van der Waals surface area (Å²) in [5.74, 6) is 0. The maximum atomic E-state index is 4.17. The molecule has 1 aliphatic carbocycles. The van der Waals surface area contributed by atoms with E-state index in [1.807, 2.05) is 13.2 Å². The molecule has 0 unspecified atom stereocenters. The summed E-state index contributed by atoms with van der Waals surface area (Å²) in [6.07, 6.45) is 8.42. The number of hydrogen-bond acceptors (Lipinski definition) is 4. The SMILES string of the molecule is CCCNC1CCC(N(C)Cc2cn(C)nn2)CC1. The van der Waals surface area contributed by atoms with Gasteiger partial charge in [0.15, 0.2) is 0 Å². The van der Waals surface area contributed by atoms with Crippen molar-refractivity contribution in [1.82, 2.24) is 25.2 Å². The molecule has 0 saturated heterocycles. The third-order valence-corrected chi connectivity index (χ3v) is 4.06. The van der Waals surface area contributed by atoms with E-state index in [0.717, 1.165) is 24.8 Å². The lowest BCUT2D eigenvalue weighted by molar-refractivity contribution is 0.166. The van der Waals surface area contributed by atoms with E-state index in [-0.39, 0.29) is 0 Å². The molecule has 5 nitrogen and oxygen atoms in total. The predicted molar refractivity (Wildman–Crippen MR) is 76.8 cm³/mol. The Morgan fingerprint density at radius 2 is 2.11 bits per heavy atom. The number of nitrogens with one attached hydrogen (secondary N) is 1. The van der Waals surface area contributed by atoms with Gasteiger partial charge in [0.25, 0.3) is 0 Å². The molecule has 2 rings (SSSR count). The smallest absolute Gasteiger partial charge is 0.0966 e. The van der Waals surface area contributed by atoms with Crippen LogP contribution in [0, 0.1) is 0 Å². The minimum absolute atomic E-state index is 0.696. The first-order valence-corrected chi connectivity index (χ1v) is 7.48. The van der Waals surface area contributed by atoms with Crippen molar-refractivity contribution in [3.63, 3.8) is 0 Å². The van der Waals surface area contributed by atoms with Gasteiger partial charge in [-0.15, -0.1) is 5.10 Å². The van der Waals surface area contributed by atoms with Crippen molar-refractivity contribution in [2.75, 3.05) is 13.6 Å². The molecule has 0 amide bonds. The first-order chi connectivity index (χ1) is 9.19. The fraction of sp³-hybridized carbons (Fsp3) is 0.857. The molecule has 1 aromatic heterocycles. The second kappa shape index (κ2) is 7.01. The lowest BCUT2D eigenvalue weighted by atomic mass is 9.90. The standard InChI is InChI=1S/C14H27N5/c1-4-9-15-12-5-7-14(8-6-12)18(2)10-13-11-19(3)17-16-13/h11-12,14-15H,4-10H2,1-3H3. The summed E-state index contributed by atoms with van der Waals surface area (Å²) in [4.78, 5) is 2.43. The second-order valence-corrected chi connectivity index (χ2v) is 5.76. The molecule has 1 saturated carbocycles. The van der Waals surface area contributed by atoms with E-state index in [0.29, 0.717) is 6.04 Å². The number of aryl methyl sites for hydroxylation is 1. The van der Waals surface area contributed by atoms with Crippen molar-refractivity contribution < 1.29 is 0 Å². The van der Waals surface area contributed by atoms with Crippen molar-refractivity contribution in [2.45, 2.75) is 57.7 Å². The van der Waals surface area contributed by atoms with Crippen LogP contribution in [0.2, 0.25) is 0 Å². The van der Waals surface area contributed by atoms with Crippen LogP contribution < -0.4 is 5.32 Å². The van der Waals surface area contributed by atoms with Gasteiger partial charge in [-0.3, -0.25) is 9.58 Å². The van der Waals surface area contributed by atoms with Gasteiger partial charge in [0.2, 0.25) is 0 Å². The van der Waals surface area contributed by atoms with Gasteiger partial charge in [-0.2, -0.15) is 0 Å². The van der Waals surface area contributed by atoms with Gasteiger partial charge in [-0.1, -0.05) is 12.1 Å². The quantitative estimate of drug-likeness (QED) is 0.848. The lowest BCUT2D eigenvalue weighted by Crippen LogP contribution is -2.40. The van der Waals surface area contributed by atoms with Crippen molar-refractivity contribution in [1.29, 1.82) is 0 Å². The minimum atomic E-state index is 0.696. The Hall–Kier alpha value is -0.940. The molecule has 0 radical (unpaired) electrons. The zero-order valence-corrected chi connectivity index (χ0v) is 12.5. The Morgan fingerprint density at radius 3 is 2.68 bits per heavy atom. The molecule has 0 bridgehead atoms. The number of rotatable bonds is 6. The summed E-state index contributed by atoms with van der Waals surface area (Å²) in [7, 11) is 4.13. The number of hydrogen-bond donors (Lipinski definition) is 1. The van der Waals surface area contributed by atoms with E-state index < -0.39 is 0 Å². The first-order valence-electron chi connectivity index (χ1n) is 7.48. The molecule has 1 aromatic rings. The van der Waals surface area contributed by atoms with Crippen molar-refractivity contribution in [3.8, 4) is 0 Å². The van der Waals surface area contributed by atoms with Crippen molar-refractivity contribution in [2.24, 2.45) is 7.05 Å². The van der Waals surface area contributed by atoms with Gasteiger partial charge >= 0.3 is 0 Å². The van der Waals surface area contributed by atoms with Crippen molar-refractivity contribution in [3.05, 3.63) is 11.9 Å². The Kier molecular flexibility index (Phi) is 5.34. The van der Waals surface area contributed by atoms with Crippen LogP contribution >= 0.6 is 0 Å². The summed E-state index contributed by atoms with van der Waals surface area (Å²) < 4.78 is 1.77. The van der Waals surface area contributed by atoms with Crippen LogP contribution in [0.3, 0.4) is 0 Å². The molecule has 1 N–H and O–H groups in total. The topological polar surface area (TPSA) is 46.0 Å². The van der Waals surface area contributed by atoms with Crippen LogP contribution in [-0.2, 0) is 13.6 Å². The van der Waals surface area contributed by atoms with E-state index in [1.165, 1.54) is 32.1 Å². The molecule has 108 valence electrons. The lowest BCUT2D eigenvalue weighted by Gasteiger charge is -2.34. The molecule has 1 heterocycles. The van der Waals surface area contributed by atoms with Crippen LogP contribution in [0.5, 0.6) is 0 Å². The van der Waals surface area contributed by atoms with Gasteiger partial charge in [0.1, 0.15) is 0 Å². The van der Waals surface area contributed by atoms with Crippen LogP contribution in [0.25, 0.3) is 0 Å². The van der Waals surface area contributed by atoms with Gasteiger partial charge in [-0.05, 0) is 45.7 Å². The normalized spacial score (nSPS) is 24.0. The van der Waals surface area contributed by atoms with Gasteiger partial charge in [0.05, 0.1) is 5.69 Å². The maximum Gasteiger partial charge on any atom is 0.0966 e. The van der Waals surface area contributed by atoms with Gasteiger partial charge < -0.3 is 5.32 Å². The molecule has 0 atom stereocenters. The van der Waals surface area contributed by atoms with E-state index in [2.05, 4.69) is 34.5 Å². The monoisotopic (exact) mass is 265 g/mol. The summed E-state index contributed by atoms with van der Waals surface area (Å²) in [5.41, 5.74) is 1.07. The van der Waals surface area contributed by atoms with E-state index in [9.17, 15) is 0 Å². The largest absolute Gasteiger partial charge is 0.314 e. The number of nitrogens with zero attached hydrogens (tertiary/aromatic N) is 4. The van der Waals surface area contributed by atoms with E-state index in [4.69, 9.17) is 0 Å². The van der Waals surface area contributed by atoms with E-state index >= 15 is 0 Å². The number of aromatic nitrogens is 3. The summed E-state index contributed by atoms with van der Waals surface area (Å²) in [6, 6.07) is 1.43. The molecule has 1 aliphatic rings. The molecular weight excluding hydrogens is 238 g/mol. The van der Waals surface area contributed by atoms with Gasteiger partial charge in [-0.25, -0.2) is 0 Å². The van der Waals surface area contributed by atoms with Crippen LogP contribution in [-0.4, -0.2) is 45.6 Å². The highest BCUT2D eigenvalue weighted by molar-refractivity contribution is 4.93. The maximum absolute atomic E-state index is 4.17. The zero-order chi connectivity index (χ0) is 13.7. The Labute approximate surface area is 116 Å². The molecule has 0 aliphatic heterocycles. The highest BCUT2D eigenvalue weighted by Gasteiger charge is 2.23. The average molecular weight is 265 g/mol. The zero-order valence-electron chi connectivity index (χ0n) is 12.5. The summed E-state index contributed by atoms with van der Waals surface area (Å²) in [5, 5.41) is 11.8. The molecule has 19 heavy (non-hydrogen) atoms. The van der Waals surface area contributed by atoms with Crippen LogP contribution in [0.1, 0.15) is 44.7 Å². The Morgan fingerprint density at radius 1 is 1.37 bits per heavy atom. The van der Waals surface area contributed by atoms with Crippen LogP contribution in [0.4, 0.5) is 0 Å². The Balaban J connectivity index is 1.74. The van der Waals surface area contributed by atoms with Crippen molar-refractivity contribution >= 4 is 0 Å². The molecular formula is C14H27N5. The fourth-order valence-electron chi connectivity index (χ4n) is 2.92. The Bertz CT molecular complexity index is 368. The predicted octanol–water partition coefficient (Wildman–Crippen LogP) is 1.56. The minimum Gasteiger partial charge on any atom is -0.314 e. The second-order valence-electron chi connectivity index (χ2n) is 5.76. The van der Waals surface area contributed by atoms with Gasteiger partial charge in [0, 0.05) is 31.9 Å². The molecule has 5 heteroatoms. The third-order valence-electron chi connectivity index (χ3n) is 4.06. The molecule has 0 aromatic carbocycles. The summed E-state index contributed by atoms with van der Waals surface area (Å²) >= 11 is 0. The average Bonchev–Trinajstić information content (AvgIpc) is 2.82. The molecule has 0 spiro atoms. The fourth-order valence-corrected chi connectivity index (χ4v) is 2.92. The third kappa shape index (κ3) is 4.28. The first kappa shape index (κ1) is 14.5. The van der Waals surface area contributed by atoms with Crippen LogP contribution in [0.15, 0.2) is 6.20 Å².